The molecule has 0 aromatic heterocycles. The summed E-state index contributed by atoms with van der Waals surface area (Å²) in [5, 5.41) is 0. The molecule has 0 atom stereocenters. The topological polar surface area (TPSA) is 20.3 Å². The Labute approximate surface area is 103 Å². The van der Waals surface area contributed by atoms with Crippen LogP contribution in [0.15, 0.2) is 35.9 Å². The predicted octanol–water partition coefficient (Wildman–Crippen LogP) is 3.44. The van der Waals surface area contributed by atoms with Crippen LogP contribution in [0.2, 0.25) is 0 Å². The number of rotatable bonds is 3. The van der Waals surface area contributed by atoms with Crippen molar-refractivity contribution in [2.24, 2.45) is 0 Å². The van der Waals surface area contributed by atoms with Gasteiger partial charge in [-0.2, -0.15) is 0 Å². The Bertz CT molecular complexity index is 448. The molecule has 0 saturated heterocycles. The van der Waals surface area contributed by atoms with E-state index in [1.165, 1.54) is 5.57 Å². The van der Waals surface area contributed by atoms with Crippen molar-refractivity contribution in [3.63, 3.8) is 0 Å². The normalized spacial score (nSPS) is 15.6. The van der Waals surface area contributed by atoms with E-state index in [1.807, 2.05) is 25.1 Å². The first kappa shape index (κ1) is 11.9. The molecular formula is C15H19NO. The molecule has 0 radical (unpaired) electrons. The van der Waals surface area contributed by atoms with Crippen LogP contribution in [0.4, 0.5) is 5.69 Å². The summed E-state index contributed by atoms with van der Waals surface area (Å²) in [5.74, 6) is 0.229. The van der Waals surface area contributed by atoms with Gasteiger partial charge >= 0.3 is 0 Å². The quantitative estimate of drug-likeness (QED) is 0.584. The van der Waals surface area contributed by atoms with Crippen molar-refractivity contribution in [2.45, 2.75) is 26.7 Å². The molecule has 2 heteroatoms. The van der Waals surface area contributed by atoms with Gasteiger partial charge in [0.05, 0.1) is 0 Å². The standard InChI is InChI=1S/C15H19NO/c1-3-15(17)13-8-4-5-9-14(13)16-10-6-7-12(2)11-16/h4-5,7-9H,3,6,10-11H2,1-2H3. The molecule has 90 valence electrons. The van der Waals surface area contributed by atoms with E-state index in [-0.39, 0.29) is 5.78 Å². The fourth-order valence-electron chi connectivity index (χ4n) is 2.29. The maximum atomic E-state index is 11.9. The largest absolute Gasteiger partial charge is 0.367 e. The summed E-state index contributed by atoms with van der Waals surface area (Å²) >= 11 is 0. The molecule has 1 aromatic carbocycles. The molecule has 2 rings (SSSR count). The van der Waals surface area contributed by atoms with Gasteiger partial charge in [0.15, 0.2) is 5.78 Å². The number of carbonyl (C=O) groups is 1. The van der Waals surface area contributed by atoms with E-state index < -0.39 is 0 Å². The van der Waals surface area contributed by atoms with Gasteiger partial charge in [0.2, 0.25) is 0 Å². The summed E-state index contributed by atoms with van der Waals surface area (Å²) in [6.45, 7) is 6.01. The summed E-state index contributed by atoms with van der Waals surface area (Å²) in [6, 6.07) is 7.95. The number of hydrogen-bond acceptors (Lipinski definition) is 2. The zero-order valence-corrected chi connectivity index (χ0v) is 10.6. The van der Waals surface area contributed by atoms with Gasteiger partial charge < -0.3 is 4.90 Å². The van der Waals surface area contributed by atoms with Gasteiger partial charge in [0, 0.05) is 30.8 Å². The third-order valence-electron chi connectivity index (χ3n) is 3.20. The molecule has 0 fully saturated rings. The van der Waals surface area contributed by atoms with E-state index >= 15 is 0 Å². The molecule has 0 saturated carbocycles. The van der Waals surface area contributed by atoms with Crippen molar-refractivity contribution in [3.05, 3.63) is 41.5 Å². The number of Topliss-reactive ketones (excluding diaryl/α,β-unsaturated/α-hetero) is 1. The van der Waals surface area contributed by atoms with Gasteiger partial charge in [-0.25, -0.2) is 0 Å². The molecule has 1 aliphatic rings. The lowest BCUT2D eigenvalue weighted by Gasteiger charge is -2.29. The summed E-state index contributed by atoms with van der Waals surface area (Å²) in [7, 11) is 0. The van der Waals surface area contributed by atoms with E-state index in [0.29, 0.717) is 6.42 Å². The zero-order valence-electron chi connectivity index (χ0n) is 10.6. The minimum absolute atomic E-state index is 0.229. The van der Waals surface area contributed by atoms with Gasteiger partial charge in [-0.15, -0.1) is 0 Å². The fraction of sp³-hybridized carbons (Fsp3) is 0.400. The fourth-order valence-corrected chi connectivity index (χ4v) is 2.29. The Morgan fingerprint density at radius 3 is 2.82 bits per heavy atom. The highest BCUT2D eigenvalue weighted by atomic mass is 16.1. The molecule has 0 amide bonds. The van der Waals surface area contributed by atoms with Crippen LogP contribution in [-0.4, -0.2) is 18.9 Å². The lowest BCUT2D eigenvalue weighted by Crippen LogP contribution is -2.30. The van der Waals surface area contributed by atoms with Crippen LogP contribution >= 0.6 is 0 Å². The number of carbonyl (C=O) groups excluding carboxylic acids is 1. The molecule has 0 N–H and O–H groups in total. The first-order valence-corrected chi connectivity index (χ1v) is 6.25. The van der Waals surface area contributed by atoms with E-state index in [9.17, 15) is 4.79 Å². The SMILES string of the molecule is CCC(=O)c1ccccc1N1CCC=C(C)C1. The van der Waals surface area contributed by atoms with Gasteiger partial charge in [-0.05, 0) is 25.5 Å². The third kappa shape index (κ3) is 2.57. The Morgan fingerprint density at radius 2 is 2.12 bits per heavy atom. The van der Waals surface area contributed by atoms with E-state index in [0.717, 1.165) is 30.8 Å². The highest BCUT2D eigenvalue weighted by Crippen LogP contribution is 2.24. The average Bonchev–Trinajstić information content (AvgIpc) is 2.38. The summed E-state index contributed by atoms with van der Waals surface area (Å²) in [6.07, 6.45) is 3.92. The average molecular weight is 229 g/mol. The van der Waals surface area contributed by atoms with Crippen LogP contribution in [-0.2, 0) is 0 Å². The van der Waals surface area contributed by atoms with Crippen LogP contribution < -0.4 is 4.90 Å². The molecule has 1 aromatic rings. The van der Waals surface area contributed by atoms with Gasteiger partial charge in [-0.1, -0.05) is 30.7 Å². The Kier molecular flexibility index (Phi) is 3.62. The van der Waals surface area contributed by atoms with Crippen molar-refractivity contribution in [1.82, 2.24) is 0 Å². The highest BCUT2D eigenvalue weighted by molar-refractivity contribution is 6.01. The Balaban J connectivity index is 2.32. The first-order valence-electron chi connectivity index (χ1n) is 6.25. The summed E-state index contributed by atoms with van der Waals surface area (Å²) in [5.41, 5.74) is 3.34. The first-order chi connectivity index (χ1) is 8.22. The lowest BCUT2D eigenvalue weighted by molar-refractivity contribution is 0.0988. The maximum absolute atomic E-state index is 11.9. The minimum atomic E-state index is 0.229. The van der Waals surface area contributed by atoms with E-state index in [4.69, 9.17) is 0 Å². The van der Waals surface area contributed by atoms with Crippen LogP contribution in [0.3, 0.4) is 0 Å². The number of benzene rings is 1. The number of hydrogen-bond donors (Lipinski definition) is 0. The number of nitrogens with zero attached hydrogens (tertiary/aromatic N) is 1. The molecule has 0 bridgehead atoms. The molecule has 0 spiro atoms. The Hall–Kier alpha value is -1.57. The van der Waals surface area contributed by atoms with Gasteiger partial charge in [-0.3, -0.25) is 4.79 Å². The summed E-state index contributed by atoms with van der Waals surface area (Å²) < 4.78 is 0. The number of para-hydroxylation sites is 1. The highest BCUT2D eigenvalue weighted by Gasteiger charge is 2.16. The van der Waals surface area contributed by atoms with Crippen molar-refractivity contribution in [1.29, 1.82) is 0 Å². The third-order valence-corrected chi connectivity index (χ3v) is 3.20. The monoisotopic (exact) mass is 229 g/mol. The predicted molar refractivity (Wildman–Crippen MR) is 71.7 cm³/mol. The molecule has 1 aliphatic heterocycles. The molecule has 0 aliphatic carbocycles. The number of anilines is 1. The van der Waals surface area contributed by atoms with Crippen molar-refractivity contribution >= 4 is 11.5 Å². The van der Waals surface area contributed by atoms with Gasteiger partial charge in [0.1, 0.15) is 0 Å². The van der Waals surface area contributed by atoms with E-state index in [1.54, 1.807) is 0 Å². The van der Waals surface area contributed by atoms with Crippen LogP contribution in [0, 0.1) is 0 Å². The number of ketones is 1. The van der Waals surface area contributed by atoms with E-state index in [2.05, 4.69) is 24.0 Å². The van der Waals surface area contributed by atoms with Gasteiger partial charge in [0.25, 0.3) is 0 Å². The van der Waals surface area contributed by atoms with Crippen LogP contribution in [0.1, 0.15) is 37.0 Å². The molecule has 2 nitrogen and oxygen atoms in total. The van der Waals surface area contributed by atoms with Crippen LogP contribution in [0.25, 0.3) is 0 Å². The van der Waals surface area contributed by atoms with Crippen molar-refractivity contribution in [2.75, 3.05) is 18.0 Å². The second-order valence-electron chi connectivity index (χ2n) is 4.55. The van der Waals surface area contributed by atoms with Crippen molar-refractivity contribution in [3.8, 4) is 0 Å². The smallest absolute Gasteiger partial charge is 0.164 e. The Morgan fingerprint density at radius 1 is 1.35 bits per heavy atom. The maximum Gasteiger partial charge on any atom is 0.164 e. The molecular weight excluding hydrogens is 210 g/mol. The second kappa shape index (κ2) is 5.17. The minimum Gasteiger partial charge on any atom is -0.367 e. The van der Waals surface area contributed by atoms with Crippen molar-refractivity contribution < 1.29 is 4.79 Å². The molecule has 0 unspecified atom stereocenters. The van der Waals surface area contributed by atoms with Crippen LogP contribution in [0.5, 0.6) is 0 Å². The zero-order chi connectivity index (χ0) is 12.3. The molecule has 1 heterocycles. The molecule has 17 heavy (non-hydrogen) atoms. The second-order valence-corrected chi connectivity index (χ2v) is 4.55. The summed E-state index contributed by atoms with van der Waals surface area (Å²) in [4.78, 5) is 14.2. The lowest BCUT2D eigenvalue weighted by atomic mass is 10.0.